The van der Waals surface area contributed by atoms with Crippen molar-refractivity contribution >= 4 is 0 Å². The highest BCUT2D eigenvalue weighted by atomic mass is 16.5. The lowest BCUT2D eigenvalue weighted by Crippen LogP contribution is -2.75. The van der Waals surface area contributed by atoms with Crippen LogP contribution in [0.25, 0.3) is 0 Å². The smallest absolute Gasteiger partial charge is 0.165 e. The molecule has 4 aliphatic rings. The summed E-state index contributed by atoms with van der Waals surface area (Å²) >= 11 is 0. The van der Waals surface area contributed by atoms with Crippen molar-refractivity contribution in [3.63, 3.8) is 0 Å². The third-order valence-electron chi connectivity index (χ3n) is 5.84. The molecule has 2 aliphatic carbocycles. The molecule has 5 rings (SSSR count). The standard InChI is InChI=1S/C16H17NO4/c18-9-2-1-8-7-11-16(20)4-3-10(19)14-15(16,5-6-17-11)12(8)13(9)21-14/h1-4,10-11,14,17-20H,5-7H2/t10?,11-,14+,15+,16-/m1/s1. The fraction of sp³-hybridized carbons (Fsp3) is 0.500. The monoisotopic (exact) mass is 287 g/mol. The lowest BCUT2D eigenvalue weighted by Gasteiger charge is -2.58. The Balaban J connectivity index is 1.90. The molecule has 1 fully saturated rings. The molecule has 1 aromatic rings. The van der Waals surface area contributed by atoms with Crippen molar-refractivity contribution in [3.8, 4) is 11.5 Å². The summed E-state index contributed by atoms with van der Waals surface area (Å²) < 4.78 is 5.95. The number of hydrogen-bond acceptors (Lipinski definition) is 5. The summed E-state index contributed by atoms with van der Waals surface area (Å²) in [4.78, 5) is 0. The van der Waals surface area contributed by atoms with Gasteiger partial charge < -0.3 is 25.4 Å². The van der Waals surface area contributed by atoms with Gasteiger partial charge in [0.1, 0.15) is 17.8 Å². The van der Waals surface area contributed by atoms with Gasteiger partial charge in [-0.15, -0.1) is 0 Å². The topological polar surface area (TPSA) is 82.0 Å². The molecule has 0 radical (unpaired) electrons. The molecule has 0 aromatic heterocycles. The van der Waals surface area contributed by atoms with E-state index in [-0.39, 0.29) is 11.8 Å². The molecule has 110 valence electrons. The van der Waals surface area contributed by atoms with Crippen molar-refractivity contribution in [3.05, 3.63) is 35.4 Å². The first-order chi connectivity index (χ1) is 10.1. The third kappa shape index (κ3) is 1.10. The van der Waals surface area contributed by atoms with Gasteiger partial charge in [0.15, 0.2) is 11.5 Å². The summed E-state index contributed by atoms with van der Waals surface area (Å²) in [7, 11) is 0. The zero-order valence-corrected chi connectivity index (χ0v) is 11.4. The van der Waals surface area contributed by atoms with Gasteiger partial charge in [-0.1, -0.05) is 18.2 Å². The molecule has 5 nitrogen and oxygen atoms in total. The SMILES string of the molecule is Oc1ccc2c3c1O[C@H]1C(O)C=C[C@@]4(O)[C@@H](C2)NCC[C@]314. The van der Waals surface area contributed by atoms with Crippen LogP contribution in [-0.4, -0.2) is 45.7 Å². The van der Waals surface area contributed by atoms with E-state index in [1.54, 1.807) is 18.2 Å². The van der Waals surface area contributed by atoms with Gasteiger partial charge in [-0.2, -0.15) is 0 Å². The lowest BCUT2D eigenvalue weighted by atomic mass is 9.51. The minimum Gasteiger partial charge on any atom is -0.504 e. The number of benzene rings is 1. The molecule has 21 heavy (non-hydrogen) atoms. The highest BCUT2D eigenvalue weighted by Gasteiger charge is 2.70. The highest BCUT2D eigenvalue weighted by molar-refractivity contribution is 5.63. The van der Waals surface area contributed by atoms with Crippen LogP contribution in [0.3, 0.4) is 0 Å². The quantitative estimate of drug-likeness (QED) is 0.504. The molecule has 1 spiro atoms. The lowest BCUT2D eigenvalue weighted by molar-refractivity contribution is -0.120. The summed E-state index contributed by atoms with van der Waals surface area (Å²) in [6.07, 6.45) is 3.40. The molecule has 2 heterocycles. The Morgan fingerprint density at radius 3 is 3.05 bits per heavy atom. The predicted molar refractivity (Wildman–Crippen MR) is 74.4 cm³/mol. The van der Waals surface area contributed by atoms with Crippen molar-refractivity contribution < 1.29 is 20.1 Å². The fourth-order valence-electron chi connectivity index (χ4n) is 4.99. The van der Waals surface area contributed by atoms with Crippen LogP contribution in [-0.2, 0) is 11.8 Å². The van der Waals surface area contributed by atoms with Crippen LogP contribution in [0.2, 0.25) is 0 Å². The minimum absolute atomic E-state index is 0.0871. The molecule has 1 aromatic carbocycles. The van der Waals surface area contributed by atoms with E-state index in [4.69, 9.17) is 4.74 Å². The Kier molecular flexibility index (Phi) is 1.96. The predicted octanol–water partition coefficient (Wildman–Crippen LogP) is -0.0292. The van der Waals surface area contributed by atoms with Gasteiger partial charge in [0.05, 0.1) is 5.41 Å². The Labute approximate surface area is 121 Å². The average Bonchev–Trinajstić information content (AvgIpc) is 2.80. The van der Waals surface area contributed by atoms with Crippen LogP contribution in [0.4, 0.5) is 0 Å². The molecular weight excluding hydrogens is 270 g/mol. The first-order valence-corrected chi connectivity index (χ1v) is 7.43. The van der Waals surface area contributed by atoms with Gasteiger partial charge in [0, 0.05) is 11.6 Å². The van der Waals surface area contributed by atoms with Crippen LogP contribution < -0.4 is 10.1 Å². The number of nitrogens with one attached hydrogen (secondary N) is 1. The van der Waals surface area contributed by atoms with Crippen molar-refractivity contribution in [2.45, 2.75) is 42.1 Å². The van der Waals surface area contributed by atoms with E-state index in [0.717, 1.165) is 17.7 Å². The Morgan fingerprint density at radius 1 is 1.33 bits per heavy atom. The summed E-state index contributed by atoms with van der Waals surface area (Å²) in [6, 6.07) is 3.46. The van der Waals surface area contributed by atoms with Gasteiger partial charge in [0.2, 0.25) is 0 Å². The normalized spacial score (nSPS) is 45.1. The minimum atomic E-state index is -1.08. The van der Waals surface area contributed by atoms with Gasteiger partial charge in [-0.3, -0.25) is 0 Å². The Bertz CT molecular complexity index is 687. The van der Waals surface area contributed by atoms with E-state index in [0.29, 0.717) is 18.6 Å². The number of aliphatic hydroxyl groups excluding tert-OH is 1. The van der Waals surface area contributed by atoms with E-state index in [1.807, 2.05) is 6.07 Å². The summed E-state index contributed by atoms with van der Waals surface area (Å²) in [5.74, 6) is 0.531. The van der Waals surface area contributed by atoms with Crippen molar-refractivity contribution in [2.75, 3.05) is 6.54 Å². The molecule has 5 heteroatoms. The molecule has 4 N–H and O–H groups in total. The zero-order valence-electron chi connectivity index (χ0n) is 11.4. The fourth-order valence-corrected chi connectivity index (χ4v) is 4.99. The molecule has 0 saturated carbocycles. The van der Waals surface area contributed by atoms with Crippen LogP contribution >= 0.6 is 0 Å². The van der Waals surface area contributed by atoms with Crippen LogP contribution in [0, 0.1) is 0 Å². The average molecular weight is 287 g/mol. The second-order valence-electron chi connectivity index (χ2n) is 6.59. The number of phenols is 1. The van der Waals surface area contributed by atoms with Crippen molar-refractivity contribution in [2.24, 2.45) is 0 Å². The maximum atomic E-state index is 11.4. The summed E-state index contributed by atoms with van der Waals surface area (Å²) in [5, 5.41) is 35.3. The Morgan fingerprint density at radius 2 is 2.19 bits per heavy atom. The number of hydrogen-bond donors (Lipinski definition) is 4. The van der Waals surface area contributed by atoms with Crippen LogP contribution in [0.1, 0.15) is 17.5 Å². The van der Waals surface area contributed by atoms with Crippen LogP contribution in [0.5, 0.6) is 11.5 Å². The second kappa shape index (κ2) is 3.43. The van der Waals surface area contributed by atoms with Gasteiger partial charge >= 0.3 is 0 Å². The first kappa shape index (κ1) is 12.0. The Hall–Kier alpha value is -1.56. The van der Waals surface area contributed by atoms with E-state index in [2.05, 4.69) is 5.32 Å². The van der Waals surface area contributed by atoms with Gasteiger partial charge in [-0.25, -0.2) is 0 Å². The zero-order chi connectivity index (χ0) is 14.4. The second-order valence-corrected chi connectivity index (χ2v) is 6.59. The first-order valence-electron chi connectivity index (χ1n) is 7.43. The number of phenolic OH excluding ortho intramolecular Hbond substituents is 1. The summed E-state index contributed by atoms with van der Waals surface area (Å²) in [5.41, 5.74) is 0.241. The number of rotatable bonds is 0. The highest BCUT2D eigenvalue weighted by Crippen LogP contribution is 2.62. The molecule has 2 bridgehead atoms. The van der Waals surface area contributed by atoms with Gasteiger partial charge in [0.25, 0.3) is 0 Å². The maximum absolute atomic E-state index is 11.4. The van der Waals surface area contributed by atoms with Crippen LogP contribution in [0.15, 0.2) is 24.3 Å². The van der Waals surface area contributed by atoms with E-state index in [1.165, 1.54) is 0 Å². The number of ether oxygens (including phenoxy) is 1. The maximum Gasteiger partial charge on any atom is 0.165 e. The number of piperidine rings is 1. The van der Waals surface area contributed by atoms with E-state index in [9.17, 15) is 15.3 Å². The molecule has 0 amide bonds. The molecular formula is C16H17NO4. The summed E-state index contributed by atoms with van der Waals surface area (Å²) in [6.45, 7) is 0.766. The molecule has 1 saturated heterocycles. The number of aromatic hydroxyl groups is 1. The van der Waals surface area contributed by atoms with E-state index < -0.39 is 23.2 Å². The third-order valence-corrected chi connectivity index (χ3v) is 5.84. The van der Waals surface area contributed by atoms with Crippen molar-refractivity contribution in [1.82, 2.24) is 5.32 Å². The molecule has 1 unspecified atom stereocenters. The van der Waals surface area contributed by atoms with Crippen molar-refractivity contribution in [1.29, 1.82) is 0 Å². The number of aliphatic hydroxyl groups is 2. The molecule has 5 atom stereocenters. The van der Waals surface area contributed by atoms with Gasteiger partial charge in [-0.05, 0) is 31.0 Å². The van der Waals surface area contributed by atoms with E-state index >= 15 is 0 Å². The largest absolute Gasteiger partial charge is 0.504 e. The molecule has 2 aliphatic heterocycles.